The first kappa shape index (κ1) is 22.8. The van der Waals surface area contributed by atoms with Gasteiger partial charge in [-0.3, -0.25) is 14.4 Å². The van der Waals surface area contributed by atoms with E-state index in [0.717, 1.165) is 11.3 Å². The monoisotopic (exact) mass is 441 g/mol. The molecule has 1 aromatic heterocycles. The second kappa shape index (κ2) is 9.92. The molecule has 0 aliphatic carbocycles. The van der Waals surface area contributed by atoms with E-state index in [0.29, 0.717) is 32.1 Å². The molecule has 0 N–H and O–H groups in total. The van der Waals surface area contributed by atoms with Crippen molar-refractivity contribution in [3.8, 4) is 5.75 Å². The molecule has 0 spiro atoms. The van der Waals surface area contributed by atoms with Crippen molar-refractivity contribution in [2.24, 2.45) is 7.05 Å². The lowest BCUT2D eigenvalue weighted by Crippen LogP contribution is -2.39. The molecule has 1 aromatic carbocycles. The van der Waals surface area contributed by atoms with Crippen LogP contribution in [0.4, 0.5) is 13.2 Å². The van der Waals surface area contributed by atoms with Gasteiger partial charge in [0.1, 0.15) is 12.4 Å². The molecule has 0 amide bonds. The van der Waals surface area contributed by atoms with Gasteiger partial charge < -0.3 is 14.2 Å². The highest BCUT2D eigenvalue weighted by molar-refractivity contribution is 5.88. The first-order valence-electron chi connectivity index (χ1n) is 9.58. The molecule has 1 atom stereocenters. The smallest absolute Gasteiger partial charge is 0.487 e. The van der Waals surface area contributed by atoms with Crippen molar-refractivity contribution in [1.82, 2.24) is 14.7 Å². The molecule has 1 fully saturated rings. The van der Waals surface area contributed by atoms with Crippen LogP contribution in [-0.4, -0.2) is 59.0 Å². The van der Waals surface area contributed by atoms with E-state index in [1.54, 1.807) is 4.68 Å². The van der Waals surface area contributed by atoms with E-state index in [4.69, 9.17) is 9.47 Å². The number of carbonyl (C=O) groups is 2. The molecule has 0 saturated carbocycles. The average molecular weight is 441 g/mol. The molecular weight excluding hydrogens is 419 g/mol. The number of aromatic nitrogens is 2. The van der Waals surface area contributed by atoms with Gasteiger partial charge in [0.2, 0.25) is 0 Å². The fourth-order valence-electron chi connectivity index (χ4n) is 3.05. The first-order chi connectivity index (χ1) is 14.7. The fraction of sp³-hybridized carbons (Fsp3) is 0.450. The minimum Gasteiger partial charge on any atom is -0.487 e. The van der Waals surface area contributed by atoms with Gasteiger partial charge in [-0.25, -0.2) is 4.79 Å². The summed E-state index contributed by atoms with van der Waals surface area (Å²) in [5, 5.41) is 4.24. The summed E-state index contributed by atoms with van der Waals surface area (Å²) in [4.78, 5) is 24.1. The Labute approximate surface area is 176 Å². The number of nitrogens with zero attached hydrogens (tertiary/aromatic N) is 3. The number of carbonyl (C=O) groups excluding carboxylic acids is 2. The second-order valence-electron chi connectivity index (χ2n) is 7.01. The van der Waals surface area contributed by atoms with E-state index in [9.17, 15) is 22.8 Å². The minimum absolute atomic E-state index is 0.162. The van der Waals surface area contributed by atoms with Gasteiger partial charge in [0.15, 0.2) is 0 Å². The number of morpholine rings is 1. The Balaban J connectivity index is 1.46. The molecule has 0 bridgehead atoms. The maximum atomic E-state index is 12.1. The Kier molecular flexibility index (Phi) is 7.29. The van der Waals surface area contributed by atoms with Crippen molar-refractivity contribution in [2.45, 2.75) is 25.3 Å². The first-order valence-corrected chi connectivity index (χ1v) is 9.58. The van der Waals surface area contributed by atoms with Crippen LogP contribution >= 0.6 is 0 Å². The standard InChI is InChI=1S/C20H22F3N3O5/c1-25-8-6-15(24-25)13-30-16-4-2-14(3-5-16)17-12-26(10-11-29-17)9-7-18(27)31-19(28)20(21,22)23/h2-6,8,17H,7,9-13H2,1H3. The van der Waals surface area contributed by atoms with Crippen molar-refractivity contribution >= 4 is 11.9 Å². The fourth-order valence-corrected chi connectivity index (χ4v) is 3.05. The molecule has 1 unspecified atom stereocenters. The summed E-state index contributed by atoms with van der Waals surface area (Å²) in [7, 11) is 1.83. The van der Waals surface area contributed by atoms with Crippen LogP contribution in [0.25, 0.3) is 0 Å². The van der Waals surface area contributed by atoms with Crippen LogP contribution in [-0.2, 0) is 32.7 Å². The number of aryl methyl sites for hydroxylation is 1. The zero-order valence-corrected chi connectivity index (χ0v) is 16.8. The van der Waals surface area contributed by atoms with Gasteiger partial charge in [-0.1, -0.05) is 12.1 Å². The summed E-state index contributed by atoms with van der Waals surface area (Å²) in [6.45, 7) is 1.88. The Hall–Kier alpha value is -2.92. The number of halogens is 3. The quantitative estimate of drug-likeness (QED) is 0.482. The second-order valence-corrected chi connectivity index (χ2v) is 7.01. The molecule has 1 aliphatic rings. The number of benzene rings is 1. The van der Waals surface area contributed by atoms with Crippen LogP contribution in [0, 0.1) is 0 Å². The van der Waals surface area contributed by atoms with E-state index in [1.807, 2.05) is 48.5 Å². The lowest BCUT2D eigenvalue weighted by Gasteiger charge is -2.33. The third-order valence-electron chi connectivity index (χ3n) is 4.63. The molecule has 0 radical (unpaired) electrons. The Morgan fingerprint density at radius 1 is 1.23 bits per heavy atom. The van der Waals surface area contributed by atoms with E-state index >= 15 is 0 Å². The lowest BCUT2D eigenvalue weighted by atomic mass is 10.1. The molecule has 1 aliphatic heterocycles. The average Bonchev–Trinajstić information content (AvgIpc) is 3.16. The summed E-state index contributed by atoms with van der Waals surface area (Å²) in [5.41, 5.74) is 1.72. The minimum atomic E-state index is -5.19. The highest BCUT2D eigenvalue weighted by Crippen LogP contribution is 2.25. The van der Waals surface area contributed by atoms with Gasteiger partial charge in [0.25, 0.3) is 0 Å². The number of rotatable bonds is 7. The molecule has 1 saturated heterocycles. The highest BCUT2D eigenvalue weighted by atomic mass is 19.4. The van der Waals surface area contributed by atoms with Crippen molar-refractivity contribution in [3.05, 3.63) is 47.8 Å². The predicted molar refractivity (Wildman–Crippen MR) is 101 cm³/mol. The van der Waals surface area contributed by atoms with Crippen LogP contribution in [0.2, 0.25) is 0 Å². The zero-order valence-electron chi connectivity index (χ0n) is 16.8. The van der Waals surface area contributed by atoms with Gasteiger partial charge in [-0.15, -0.1) is 0 Å². The molecular formula is C20H22F3N3O5. The van der Waals surface area contributed by atoms with E-state index in [1.165, 1.54) is 0 Å². The summed E-state index contributed by atoms with van der Waals surface area (Å²) < 4.78 is 53.4. The van der Waals surface area contributed by atoms with Gasteiger partial charge in [-0.05, 0) is 23.8 Å². The van der Waals surface area contributed by atoms with E-state index in [-0.39, 0.29) is 19.1 Å². The number of esters is 2. The molecule has 2 heterocycles. The van der Waals surface area contributed by atoms with Gasteiger partial charge >= 0.3 is 18.1 Å². The van der Waals surface area contributed by atoms with Crippen LogP contribution in [0.5, 0.6) is 5.75 Å². The summed E-state index contributed by atoms with van der Waals surface area (Å²) >= 11 is 0. The van der Waals surface area contributed by atoms with Gasteiger partial charge in [0, 0.05) is 32.9 Å². The Morgan fingerprint density at radius 3 is 2.61 bits per heavy atom. The Morgan fingerprint density at radius 2 is 1.97 bits per heavy atom. The number of hydrogen-bond acceptors (Lipinski definition) is 7. The van der Waals surface area contributed by atoms with Crippen LogP contribution < -0.4 is 4.74 Å². The SMILES string of the molecule is Cn1ccc(COc2ccc(C3CN(CCC(=O)OC(=O)C(F)(F)F)CCO3)cc2)n1. The number of ether oxygens (including phenoxy) is 3. The van der Waals surface area contributed by atoms with Crippen LogP contribution in [0.1, 0.15) is 23.8 Å². The third kappa shape index (κ3) is 6.79. The van der Waals surface area contributed by atoms with Crippen molar-refractivity contribution in [2.75, 3.05) is 26.2 Å². The van der Waals surface area contributed by atoms with Gasteiger partial charge in [0.05, 0.1) is 24.8 Å². The van der Waals surface area contributed by atoms with Crippen molar-refractivity contribution < 1.29 is 37.0 Å². The maximum absolute atomic E-state index is 12.1. The third-order valence-corrected chi connectivity index (χ3v) is 4.63. The molecule has 3 rings (SSSR count). The summed E-state index contributed by atoms with van der Waals surface area (Å²) in [5.74, 6) is -3.03. The summed E-state index contributed by atoms with van der Waals surface area (Å²) in [6.07, 6.45) is -3.93. The maximum Gasteiger partial charge on any atom is 0.491 e. The van der Waals surface area contributed by atoms with E-state index < -0.39 is 18.1 Å². The highest BCUT2D eigenvalue weighted by Gasteiger charge is 2.42. The molecule has 168 valence electrons. The molecule has 2 aromatic rings. The van der Waals surface area contributed by atoms with Crippen LogP contribution in [0.15, 0.2) is 36.5 Å². The zero-order chi connectivity index (χ0) is 22.4. The normalized spacial score (nSPS) is 17.4. The van der Waals surface area contributed by atoms with E-state index in [2.05, 4.69) is 9.84 Å². The van der Waals surface area contributed by atoms with Crippen molar-refractivity contribution in [1.29, 1.82) is 0 Å². The topological polar surface area (TPSA) is 82.9 Å². The van der Waals surface area contributed by atoms with Crippen LogP contribution in [0.3, 0.4) is 0 Å². The number of hydrogen-bond donors (Lipinski definition) is 0. The largest absolute Gasteiger partial charge is 0.491 e. The van der Waals surface area contributed by atoms with Gasteiger partial charge in [-0.2, -0.15) is 18.3 Å². The molecule has 31 heavy (non-hydrogen) atoms. The predicted octanol–water partition coefficient (Wildman–Crippen LogP) is 2.39. The Bertz CT molecular complexity index is 898. The lowest BCUT2D eigenvalue weighted by molar-refractivity contribution is -0.202. The molecule has 8 nitrogen and oxygen atoms in total. The number of alkyl halides is 3. The summed E-state index contributed by atoms with van der Waals surface area (Å²) in [6, 6.07) is 9.26. The van der Waals surface area contributed by atoms with Crippen molar-refractivity contribution in [3.63, 3.8) is 0 Å². The molecule has 11 heteroatoms.